The highest BCUT2D eigenvalue weighted by atomic mass is 79.9. The van der Waals surface area contributed by atoms with Gasteiger partial charge in [0, 0.05) is 5.56 Å². The summed E-state index contributed by atoms with van der Waals surface area (Å²) in [5, 5.41) is 3.00. The van der Waals surface area contributed by atoms with Gasteiger partial charge in [-0.05, 0) is 58.9 Å². The summed E-state index contributed by atoms with van der Waals surface area (Å²) >= 11 is 3.39. The van der Waals surface area contributed by atoms with Gasteiger partial charge in [-0.2, -0.15) is 0 Å². The molecule has 0 heterocycles. The monoisotopic (exact) mass is 341 g/mol. The number of nitrogens with one attached hydrogen (secondary N) is 1. The summed E-state index contributed by atoms with van der Waals surface area (Å²) in [6.45, 7) is 0. The number of halogens is 3. The first kappa shape index (κ1) is 14.9. The van der Waals surface area contributed by atoms with E-state index in [9.17, 15) is 8.78 Å². The van der Waals surface area contributed by atoms with Gasteiger partial charge in [0.2, 0.25) is 0 Å². The van der Waals surface area contributed by atoms with Crippen molar-refractivity contribution in [2.45, 2.75) is 6.04 Å². The lowest BCUT2D eigenvalue weighted by Crippen LogP contribution is -2.19. The molecule has 2 aromatic carbocycles. The molecule has 0 saturated heterocycles. The lowest BCUT2D eigenvalue weighted by Gasteiger charge is -2.19. The van der Waals surface area contributed by atoms with E-state index >= 15 is 0 Å². The fourth-order valence-electron chi connectivity index (χ4n) is 2.10. The summed E-state index contributed by atoms with van der Waals surface area (Å²) in [6, 6.07) is 8.42. The number of methoxy groups -OCH3 is 1. The number of hydrogen-bond donors (Lipinski definition) is 1. The van der Waals surface area contributed by atoms with Crippen molar-refractivity contribution in [3.05, 3.63) is 63.6 Å². The van der Waals surface area contributed by atoms with Crippen molar-refractivity contribution >= 4 is 15.9 Å². The fraction of sp³-hybridized carbons (Fsp3) is 0.200. The van der Waals surface area contributed by atoms with E-state index in [0.717, 1.165) is 22.2 Å². The van der Waals surface area contributed by atoms with Crippen LogP contribution in [0.1, 0.15) is 17.2 Å². The van der Waals surface area contributed by atoms with Crippen LogP contribution < -0.4 is 10.1 Å². The number of ether oxygens (including phenoxy) is 1. The Morgan fingerprint density at radius 1 is 1.15 bits per heavy atom. The number of benzene rings is 2. The van der Waals surface area contributed by atoms with Crippen LogP contribution in [0, 0.1) is 11.6 Å². The standard InChI is InChI=1S/C15H14BrF2NO/c1-19-15(11-8-10(17)4-5-13(11)18)9-3-6-14(20-2)12(16)7-9/h3-8,15,19H,1-2H3. The van der Waals surface area contributed by atoms with Crippen LogP contribution >= 0.6 is 15.9 Å². The predicted molar refractivity (Wildman–Crippen MR) is 78.0 cm³/mol. The summed E-state index contributed by atoms with van der Waals surface area (Å²) in [5.41, 5.74) is 1.08. The van der Waals surface area contributed by atoms with Gasteiger partial charge in [0.15, 0.2) is 0 Å². The highest BCUT2D eigenvalue weighted by Crippen LogP contribution is 2.31. The van der Waals surface area contributed by atoms with Crippen molar-refractivity contribution in [1.82, 2.24) is 5.32 Å². The van der Waals surface area contributed by atoms with Crippen molar-refractivity contribution < 1.29 is 13.5 Å². The van der Waals surface area contributed by atoms with Crippen molar-refractivity contribution in [3.8, 4) is 5.75 Å². The Labute approximate surface area is 124 Å². The van der Waals surface area contributed by atoms with E-state index in [4.69, 9.17) is 4.74 Å². The van der Waals surface area contributed by atoms with Crippen LogP contribution in [0.4, 0.5) is 8.78 Å². The smallest absolute Gasteiger partial charge is 0.133 e. The Morgan fingerprint density at radius 3 is 2.50 bits per heavy atom. The Hall–Kier alpha value is -1.46. The van der Waals surface area contributed by atoms with Crippen LogP contribution in [0.5, 0.6) is 5.75 Å². The van der Waals surface area contributed by atoms with E-state index in [1.54, 1.807) is 20.2 Å². The first-order chi connectivity index (χ1) is 9.56. The summed E-state index contributed by atoms with van der Waals surface area (Å²) in [6.07, 6.45) is 0. The molecule has 0 aliphatic rings. The quantitative estimate of drug-likeness (QED) is 0.905. The van der Waals surface area contributed by atoms with Gasteiger partial charge < -0.3 is 10.1 Å². The van der Waals surface area contributed by atoms with Crippen LogP contribution in [-0.2, 0) is 0 Å². The molecule has 5 heteroatoms. The topological polar surface area (TPSA) is 21.3 Å². The number of hydrogen-bond acceptors (Lipinski definition) is 2. The lowest BCUT2D eigenvalue weighted by atomic mass is 9.98. The molecular weight excluding hydrogens is 328 g/mol. The average Bonchev–Trinajstić information content (AvgIpc) is 2.44. The molecule has 2 aromatic rings. The molecule has 0 aromatic heterocycles. The fourth-order valence-corrected chi connectivity index (χ4v) is 2.66. The molecule has 0 aliphatic heterocycles. The van der Waals surface area contributed by atoms with Gasteiger partial charge in [-0.25, -0.2) is 8.78 Å². The van der Waals surface area contributed by atoms with Crippen molar-refractivity contribution in [1.29, 1.82) is 0 Å². The third kappa shape index (κ3) is 2.99. The summed E-state index contributed by atoms with van der Waals surface area (Å²) in [5.74, 6) is -0.227. The zero-order chi connectivity index (χ0) is 14.7. The second-order valence-corrected chi connectivity index (χ2v) is 5.14. The summed E-state index contributed by atoms with van der Waals surface area (Å²) < 4.78 is 33.1. The van der Waals surface area contributed by atoms with Crippen LogP contribution in [-0.4, -0.2) is 14.2 Å². The van der Waals surface area contributed by atoms with Gasteiger partial charge >= 0.3 is 0 Å². The van der Waals surface area contributed by atoms with Crippen LogP contribution in [0.25, 0.3) is 0 Å². The molecule has 20 heavy (non-hydrogen) atoms. The lowest BCUT2D eigenvalue weighted by molar-refractivity contribution is 0.412. The van der Waals surface area contributed by atoms with E-state index in [-0.39, 0.29) is 5.56 Å². The van der Waals surface area contributed by atoms with E-state index < -0.39 is 17.7 Å². The molecule has 1 atom stereocenters. The Morgan fingerprint density at radius 2 is 1.90 bits per heavy atom. The summed E-state index contributed by atoms with van der Waals surface area (Å²) in [4.78, 5) is 0. The molecule has 1 unspecified atom stereocenters. The van der Waals surface area contributed by atoms with Gasteiger partial charge in [-0.15, -0.1) is 0 Å². The Bertz CT molecular complexity index is 619. The van der Waals surface area contributed by atoms with Crippen LogP contribution in [0.3, 0.4) is 0 Å². The minimum Gasteiger partial charge on any atom is -0.496 e. The molecule has 106 valence electrons. The van der Waals surface area contributed by atoms with Crippen molar-refractivity contribution in [2.24, 2.45) is 0 Å². The first-order valence-corrected chi connectivity index (χ1v) is 6.81. The highest BCUT2D eigenvalue weighted by molar-refractivity contribution is 9.10. The summed E-state index contributed by atoms with van der Waals surface area (Å²) in [7, 11) is 3.27. The molecule has 0 saturated carbocycles. The van der Waals surface area contributed by atoms with Crippen LogP contribution in [0.15, 0.2) is 40.9 Å². The van der Waals surface area contributed by atoms with Crippen LogP contribution in [0.2, 0.25) is 0 Å². The molecule has 2 rings (SSSR count). The molecule has 2 nitrogen and oxygen atoms in total. The second-order valence-electron chi connectivity index (χ2n) is 4.28. The molecule has 1 N–H and O–H groups in total. The van der Waals surface area contributed by atoms with E-state index in [1.807, 2.05) is 12.1 Å². The van der Waals surface area contributed by atoms with Gasteiger partial charge in [0.25, 0.3) is 0 Å². The third-order valence-electron chi connectivity index (χ3n) is 3.07. The zero-order valence-corrected chi connectivity index (χ0v) is 12.7. The largest absolute Gasteiger partial charge is 0.496 e. The van der Waals surface area contributed by atoms with Gasteiger partial charge in [-0.1, -0.05) is 6.07 Å². The normalized spacial score (nSPS) is 12.2. The molecule has 0 amide bonds. The Kier molecular flexibility index (Phi) is 4.73. The second kappa shape index (κ2) is 6.33. The first-order valence-electron chi connectivity index (χ1n) is 6.02. The highest BCUT2D eigenvalue weighted by Gasteiger charge is 2.18. The maximum absolute atomic E-state index is 13.9. The molecule has 0 fully saturated rings. The van der Waals surface area contributed by atoms with Gasteiger partial charge in [-0.3, -0.25) is 0 Å². The molecule has 0 aliphatic carbocycles. The molecule has 0 spiro atoms. The van der Waals surface area contributed by atoms with E-state index in [1.165, 1.54) is 6.07 Å². The zero-order valence-electron chi connectivity index (χ0n) is 11.1. The van der Waals surface area contributed by atoms with Crippen molar-refractivity contribution in [3.63, 3.8) is 0 Å². The molecule has 0 bridgehead atoms. The van der Waals surface area contributed by atoms with E-state index in [2.05, 4.69) is 21.2 Å². The minimum atomic E-state index is -0.464. The van der Waals surface area contributed by atoms with Gasteiger partial charge in [0.1, 0.15) is 17.4 Å². The van der Waals surface area contributed by atoms with E-state index in [0.29, 0.717) is 5.75 Å². The molecular formula is C15H14BrF2NO. The van der Waals surface area contributed by atoms with Crippen molar-refractivity contribution in [2.75, 3.05) is 14.2 Å². The maximum atomic E-state index is 13.9. The predicted octanol–water partition coefficient (Wildman–Crippen LogP) is 4.04. The molecule has 0 radical (unpaired) electrons. The third-order valence-corrected chi connectivity index (χ3v) is 3.69. The number of rotatable bonds is 4. The Balaban J connectivity index is 2.46. The maximum Gasteiger partial charge on any atom is 0.133 e. The van der Waals surface area contributed by atoms with Gasteiger partial charge in [0.05, 0.1) is 17.6 Å². The minimum absolute atomic E-state index is 0.268. The SMILES string of the molecule is CNC(c1ccc(OC)c(Br)c1)c1cc(F)ccc1F. The average molecular weight is 342 g/mol.